The van der Waals surface area contributed by atoms with E-state index in [9.17, 15) is 19.5 Å². The molecule has 1 aromatic heterocycles. The SMILES string of the molecule is CSCCC(NC(=O)C(c1ccccc1)n1nnc2ccccc2c1=O)C(=O)O. The van der Waals surface area contributed by atoms with E-state index in [-0.39, 0.29) is 6.42 Å². The highest BCUT2D eigenvalue weighted by Crippen LogP contribution is 2.18. The first-order chi connectivity index (χ1) is 14.0. The summed E-state index contributed by atoms with van der Waals surface area (Å²) in [4.78, 5) is 37.7. The molecule has 2 aromatic carbocycles. The summed E-state index contributed by atoms with van der Waals surface area (Å²) in [6.45, 7) is 0. The minimum Gasteiger partial charge on any atom is -0.480 e. The quantitative estimate of drug-likeness (QED) is 0.579. The molecule has 0 fully saturated rings. The molecule has 2 N–H and O–H groups in total. The highest BCUT2D eigenvalue weighted by molar-refractivity contribution is 7.98. The van der Waals surface area contributed by atoms with E-state index in [2.05, 4.69) is 15.6 Å². The smallest absolute Gasteiger partial charge is 0.326 e. The first-order valence-corrected chi connectivity index (χ1v) is 10.3. The van der Waals surface area contributed by atoms with Gasteiger partial charge in [-0.05, 0) is 36.1 Å². The molecule has 150 valence electrons. The summed E-state index contributed by atoms with van der Waals surface area (Å²) in [6, 6.07) is 13.1. The molecule has 3 aromatic rings. The Balaban J connectivity index is 2.04. The van der Waals surface area contributed by atoms with Gasteiger partial charge in [0, 0.05) is 0 Å². The lowest BCUT2D eigenvalue weighted by Crippen LogP contribution is -2.47. The van der Waals surface area contributed by atoms with Crippen molar-refractivity contribution >= 4 is 34.5 Å². The van der Waals surface area contributed by atoms with Crippen LogP contribution < -0.4 is 10.9 Å². The van der Waals surface area contributed by atoms with Gasteiger partial charge in [-0.15, -0.1) is 5.10 Å². The normalized spacial score (nSPS) is 13.0. The van der Waals surface area contributed by atoms with Crippen LogP contribution in [0.3, 0.4) is 0 Å². The molecule has 2 unspecified atom stereocenters. The third-order valence-electron chi connectivity index (χ3n) is 4.42. The van der Waals surface area contributed by atoms with Gasteiger partial charge in [-0.1, -0.05) is 47.7 Å². The van der Waals surface area contributed by atoms with Crippen LogP contribution in [-0.2, 0) is 9.59 Å². The van der Waals surface area contributed by atoms with Crippen LogP contribution in [0.1, 0.15) is 18.0 Å². The zero-order valence-corrected chi connectivity index (χ0v) is 16.5. The molecular formula is C20H20N4O4S. The summed E-state index contributed by atoms with van der Waals surface area (Å²) in [7, 11) is 0. The summed E-state index contributed by atoms with van der Waals surface area (Å²) in [5, 5.41) is 20.3. The van der Waals surface area contributed by atoms with Crippen molar-refractivity contribution in [3.63, 3.8) is 0 Å². The summed E-state index contributed by atoms with van der Waals surface area (Å²) in [6.07, 6.45) is 2.12. The van der Waals surface area contributed by atoms with Crippen LogP contribution in [0.4, 0.5) is 0 Å². The van der Waals surface area contributed by atoms with Crippen LogP contribution in [0.15, 0.2) is 59.4 Å². The lowest BCUT2D eigenvalue weighted by Gasteiger charge is -2.21. The second-order valence-corrected chi connectivity index (χ2v) is 7.34. The summed E-state index contributed by atoms with van der Waals surface area (Å²) < 4.78 is 1.00. The maximum absolute atomic E-state index is 13.1. The van der Waals surface area contributed by atoms with E-state index in [1.165, 1.54) is 11.8 Å². The van der Waals surface area contributed by atoms with Gasteiger partial charge in [0.2, 0.25) is 5.91 Å². The molecule has 0 saturated carbocycles. The van der Waals surface area contributed by atoms with Gasteiger partial charge in [0.05, 0.1) is 5.39 Å². The Morgan fingerprint density at radius 1 is 1.14 bits per heavy atom. The molecular weight excluding hydrogens is 392 g/mol. The van der Waals surface area contributed by atoms with Crippen molar-refractivity contribution in [2.24, 2.45) is 0 Å². The second kappa shape index (κ2) is 9.33. The van der Waals surface area contributed by atoms with E-state index in [4.69, 9.17) is 0 Å². The first-order valence-electron chi connectivity index (χ1n) is 8.94. The van der Waals surface area contributed by atoms with E-state index >= 15 is 0 Å². The van der Waals surface area contributed by atoms with Crippen LogP contribution in [0.5, 0.6) is 0 Å². The predicted octanol–water partition coefficient (Wildman–Crippen LogP) is 1.70. The lowest BCUT2D eigenvalue weighted by atomic mass is 10.1. The number of thioether (sulfide) groups is 1. The number of rotatable bonds is 8. The molecule has 2 atom stereocenters. The number of aliphatic carboxylic acids is 1. The zero-order valence-electron chi connectivity index (χ0n) is 15.7. The third-order valence-corrected chi connectivity index (χ3v) is 5.07. The van der Waals surface area contributed by atoms with Crippen molar-refractivity contribution in [2.75, 3.05) is 12.0 Å². The van der Waals surface area contributed by atoms with Gasteiger partial charge in [-0.25, -0.2) is 4.79 Å². The summed E-state index contributed by atoms with van der Waals surface area (Å²) >= 11 is 1.49. The number of hydrogen-bond donors (Lipinski definition) is 2. The third kappa shape index (κ3) is 4.62. The lowest BCUT2D eigenvalue weighted by molar-refractivity contribution is -0.142. The van der Waals surface area contributed by atoms with Crippen molar-refractivity contribution in [2.45, 2.75) is 18.5 Å². The highest BCUT2D eigenvalue weighted by atomic mass is 32.2. The molecule has 0 radical (unpaired) electrons. The molecule has 0 aliphatic carbocycles. The monoisotopic (exact) mass is 412 g/mol. The molecule has 0 aliphatic heterocycles. The molecule has 1 heterocycles. The van der Waals surface area contributed by atoms with Crippen molar-refractivity contribution in [1.29, 1.82) is 0 Å². The Morgan fingerprint density at radius 2 is 1.83 bits per heavy atom. The number of aromatic nitrogens is 3. The second-order valence-electron chi connectivity index (χ2n) is 6.35. The molecule has 9 heteroatoms. The number of amides is 1. The average Bonchev–Trinajstić information content (AvgIpc) is 2.73. The topological polar surface area (TPSA) is 114 Å². The van der Waals surface area contributed by atoms with Gasteiger partial charge in [-0.2, -0.15) is 16.4 Å². The van der Waals surface area contributed by atoms with E-state index in [1.807, 2.05) is 6.26 Å². The number of fused-ring (bicyclic) bond motifs is 1. The minimum absolute atomic E-state index is 0.266. The molecule has 1 amide bonds. The van der Waals surface area contributed by atoms with Crippen molar-refractivity contribution < 1.29 is 14.7 Å². The standard InChI is InChI=1S/C20H20N4O4S/c1-29-12-11-16(20(27)28)21-18(25)17(13-7-3-2-4-8-13)24-19(26)14-9-5-6-10-15(14)22-23-24/h2-10,16-17H,11-12H2,1H3,(H,21,25)(H,27,28). The number of carbonyl (C=O) groups is 2. The molecule has 29 heavy (non-hydrogen) atoms. The number of benzene rings is 2. The van der Waals surface area contributed by atoms with Gasteiger partial charge in [-0.3, -0.25) is 9.59 Å². The predicted molar refractivity (Wildman–Crippen MR) is 111 cm³/mol. The number of carboxylic acids is 1. The number of nitrogens with zero attached hydrogens (tertiary/aromatic N) is 3. The zero-order chi connectivity index (χ0) is 20.8. The first kappa shape index (κ1) is 20.5. The van der Waals surface area contributed by atoms with Crippen LogP contribution >= 0.6 is 11.8 Å². The summed E-state index contributed by atoms with van der Waals surface area (Å²) in [5.41, 5.74) is 0.450. The fraction of sp³-hybridized carbons (Fsp3) is 0.250. The van der Waals surface area contributed by atoms with Gasteiger partial charge < -0.3 is 10.4 Å². The number of carboxylic acid groups (broad SMARTS) is 1. The van der Waals surface area contributed by atoms with Crippen LogP contribution in [0, 0.1) is 0 Å². The van der Waals surface area contributed by atoms with Gasteiger partial charge in [0.15, 0.2) is 6.04 Å². The van der Waals surface area contributed by atoms with Crippen LogP contribution in [0.2, 0.25) is 0 Å². The maximum Gasteiger partial charge on any atom is 0.326 e. The number of hydrogen-bond acceptors (Lipinski definition) is 6. The van der Waals surface area contributed by atoms with E-state index < -0.39 is 29.5 Å². The molecule has 0 aliphatic rings. The Morgan fingerprint density at radius 3 is 2.52 bits per heavy atom. The molecule has 0 bridgehead atoms. The fourth-order valence-electron chi connectivity index (χ4n) is 2.95. The van der Waals surface area contributed by atoms with Crippen LogP contribution in [-0.4, -0.2) is 50.0 Å². The fourth-order valence-corrected chi connectivity index (χ4v) is 3.43. The summed E-state index contributed by atoms with van der Waals surface area (Å²) in [5.74, 6) is -1.18. The molecule has 8 nitrogen and oxygen atoms in total. The molecule has 0 saturated heterocycles. The minimum atomic E-state index is -1.14. The van der Waals surface area contributed by atoms with Gasteiger partial charge in [0.1, 0.15) is 11.6 Å². The Labute approximate surface area is 170 Å². The van der Waals surface area contributed by atoms with Gasteiger partial charge >= 0.3 is 5.97 Å². The number of nitrogens with one attached hydrogen (secondary N) is 1. The number of carbonyl (C=O) groups excluding carboxylic acids is 1. The van der Waals surface area contributed by atoms with Crippen molar-refractivity contribution in [3.8, 4) is 0 Å². The van der Waals surface area contributed by atoms with E-state index in [0.29, 0.717) is 22.2 Å². The average molecular weight is 412 g/mol. The Hall–Kier alpha value is -3.20. The molecule has 0 spiro atoms. The largest absolute Gasteiger partial charge is 0.480 e. The highest BCUT2D eigenvalue weighted by Gasteiger charge is 2.29. The van der Waals surface area contributed by atoms with E-state index in [0.717, 1.165) is 4.68 Å². The van der Waals surface area contributed by atoms with Gasteiger partial charge in [0.25, 0.3) is 5.56 Å². The van der Waals surface area contributed by atoms with E-state index in [1.54, 1.807) is 54.6 Å². The van der Waals surface area contributed by atoms with Crippen molar-refractivity contribution in [1.82, 2.24) is 20.3 Å². The maximum atomic E-state index is 13.1. The molecule has 3 rings (SSSR count). The van der Waals surface area contributed by atoms with Crippen LogP contribution in [0.25, 0.3) is 10.9 Å². The van der Waals surface area contributed by atoms with Crippen molar-refractivity contribution in [3.05, 3.63) is 70.5 Å². The Kier molecular flexibility index (Phi) is 6.61. The Bertz CT molecular complexity index is 1070.